The molecule has 4 N–H and O–H groups in total. The highest BCUT2D eigenvalue weighted by atomic mass is 31.2. The highest BCUT2D eigenvalue weighted by Gasteiger charge is 2.34. The summed E-state index contributed by atoms with van der Waals surface area (Å²) in [4.78, 5) is 25.7. The van der Waals surface area contributed by atoms with Crippen molar-refractivity contribution >= 4 is 47.8 Å². The molecule has 0 fully saturated rings. The molecule has 0 aliphatic heterocycles. The second kappa shape index (κ2) is 33.2. The average Bonchev–Trinajstić information content (AvgIpc) is 3.54. The third-order valence-electron chi connectivity index (χ3n) is 14.2. The molecule has 0 aliphatic carbocycles. The van der Waals surface area contributed by atoms with Crippen molar-refractivity contribution < 1.29 is 37.2 Å². The summed E-state index contributed by atoms with van der Waals surface area (Å²) >= 11 is 0. The van der Waals surface area contributed by atoms with Crippen LogP contribution >= 0.6 is 14.7 Å². The molecule has 2 amide bonds. The van der Waals surface area contributed by atoms with Gasteiger partial charge in [-0.15, -0.1) is 0 Å². The minimum absolute atomic E-state index is 0.0110. The fraction of sp³-hybridized carbons (Fsp3) is 0.433. The second-order valence-corrected chi connectivity index (χ2v) is 27.1. The van der Waals surface area contributed by atoms with Crippen LogP contribution in [0.15, 0.2) is 170 Å². The van der Waals surface area contributed by atoms with Crippen LogP contribution in [-0.2, 0) is 27.8 Å². The summed E-state index contributed by atoms with van der Waals surface area (Å²) < 4.78 is 52.9. The van der Waals surface area contributed by atoms with Crippen molar-refractivity contribution in [3.8, 4) is 11.5 Å². The van der Waals surface area contributed by atoms with Gasteiger partial charge in [0.15, 0.2) is 0 Å². The molecule has 0 aromatic heterocycles. The van der Waals surface area contributed by atoms with Gasteiger partial charge in [0.1, 0.15) is 11.5 Å². The van der Waals surface area contributed by atoms with Gasteiger partial charge >= 0.3 is 0 Å². The van der Waals surface area contributed by atoms with E-state index in [1.54, 1.807) is 0 Å². The molecule has 0 aliphatic rings. The number of amides is 2. The number of benzene rings is 6. The predicted octanol–water partition coefficient (Wildman–Crippen LogP) is 14.2. The van der Waals surface area contributed by atoms with Crippen LogP contribution in [0.2, 0.25) is 0 Å². The van der Waals surface area contributed by atoms with Crippen LogP contribution in [0.25, 0.3) is 0 Å². The molecule has 0 radical (unpaired) electrons. The second-order valence-electron chi connectivity index (χ2n) is 22.3. The van der Waals surface area contributed by atoms with Crippen molar-refractivity contribution in [2.24, 2.45) is 5.73 Å². The lowest BCUT2D eigenvalue weighted by molar-refractivity contribution is -0.124. The number of nitrogens with one attached hydrogen (secondary N) is 2. The first kappa shape index (κ1) is 63.4. The maximum absolute atomic E-state index is 14.2. The largest absolute Gasteiger partial charge is 0.494 e. The maximum Gasteiger partial charge on any atom is 0.261 e. The molecular formula is C67H89N3O8P2. The summed E-state index contributed by atoms with van der Waals surface area (Å²) in [6.07, 6.45) is 18.1. The first-order valence-corrected chi connectivity index (χ1v) is 32.5. The highest BCUT2D eigenvalue weighted by Crippen LogP contribution is 2.46. The Hall–Kier alpha value is -5.80. The molecule has 0 bridgehead atoms. The Morgan fingerprint density at radius 3 is 0.950 bits per heavy atom. The molecule has 6 aromatic rings. The molecule has 0 unspecified atom stereocenters. The Labute approximate surface area is 478 Å². The molecule has 0 heterocycles. The zero-order valence-corrected chi connectivity index (χ0v) is 49.8. The van der Waals surface area contributed by atoms with E-state index < -0.39 is 25.8 Å². The van der Waals surface area contributed by atoms with E-state index in [1.807, 2.05) is 198 Å². The van der Waals surface area contributed by atoms with Crippen LogP contribution in [0.1, 0.15) is 160 Å². The van der Waals surface area contributed by atoms with E-state index in [1.165, 1.54) is 12.8 Å². The lowest BCUT2D eigenvalue weighted by Crippen LogP contribution is -2.47. The first-order chi connectivity index (χ1) is 38.7. The van der Waals surface area contributed by atoms with Gasteiger partial charge < -0.3 is 34.9 Å². The first-order valence-electron chi connectivity index (χ1n) is 29.2. The van der Waals surface area contributed by atoms with E-state index in [4.69, 9.17) is 24.3 Å². The molecule has 6 rings (SSSR count). The lowest BCUT2D eigenvalue weighted by Gasteiger charge is -2.29. The summed E-state index contributed by atoms with van der Waals surface area (Å²) in [7, 11) is -6.66. The van der Waals surface area contributed by atoms with Crippen LogP contribution in [0, 0.1) is 0 Å². The minimum atomic E-state index is -3.33. The van der Waals surface area contributed by atoms with Gasteiger partial charge in [0.05, 0.1) is 43.5 Å². The van der Waals surface area contributed by atoms with Gasteiger partial charge in [-0.25, -0.2) is 0 Å². The van der Waals surface area contributed by atoms with Crippen LogP contribution < -0.4 is 47.1 Å². The van der Waals surface area contributed by atoms with Gasteiger partial charge in [-0.2, -0.15) is 0 Å². The number of carbonyl (C=O) groups excluding carboxylic acids is 2. The minimum Gasteiger partial charge on any atom is -0.494 e. The zero-order chi connectivity index (χ0) is 56.9. The van der Waals surface area contributed by atoms with Crippen LogP contribution in [0.3, 0.4) is 0 Å². The third-order valence-corrected chi connectivity index (χ3v) is 19.1. The summed E-state index contributed by atoms with van der Waals surface area (Å²) in [5, 5.41) is 8.75. The number of carbonyl (C=O) groups is 2. The molecule has 430 valence electrons. The van der Waals surface area contributed by atoms with Gasteiger partial charge in [0.2, 0.25) is 11.8 Å². The number of hydrogen-bond donors (Lipinski definition) is 3. The Kier molecular flexibility index (Phi) is 26.3. The fourth-order valence-corrected chi connectivity index (χ4v) is 14.0. The fourth-order valence-electron chi connectivity index (χ4n) is 9.56. The Bertz CT molecular complexity index is 2520. The SMILES string of the molecule is CC(C)(COP(=O)(c1ccccc1)c1ccccc1)NC(=O)CCCCCCCCCCOc1ccc(C(N)c2ccc(OCCCCCCCCCCC(=O)NC(C)(C)COP(=O)(c3ccccc3)c3ccccc3)cc2)cc1. The maximum atomic E-state index is 14.2. The van der Waals surface area contributed by atoms with E-state index in [0.29, 0.717) is 47.3 Å². The summed E-state index contributed by atoms with van der Waals surface area (Å²) in [6.45, 7) is 9.25. The zero-order valence-electron chi connectivity index (χ0n) is 48.0. The van der Waals surface area contributed by atoms with Crippen molar-refractivity contribution in [1.29, 1.82) is 0 Å². The van der Waals surface area contributed by atoms with Crippen molar-refractivity contribution in [1.82, 2.24) is 10.6 Å². The predicted molar refractivity (Wildman–Crippen MR) is 329 cm³/mol. The topological polar surface area (TPSA) is 155 Å². The quantitative estimate of drug-likeness (QED) is 0.0254. The Morgan fingerprint density at radius 1 is 0.400 bits per heavy atom. The van der Waals surface area contributed by atoms with Crippen LogP contribution in [0.5, 0.6) is 11.5 Å². The molecule has 0 atom stereocenters. The monoisotopic (exact) mass is 1130 g/mol. The molecule has 0 saturated heterocycles. The van der Waals surface area contributed by atoms with Crippen LogP contribution in [-0.4, -0.2) is 49.3 Å². The summed E-state index contributed by atoms with van der Waals surface area (Å²) in [5.41, 5.74) is 7.37. The van der Waals surface area contributed by atoms with Crippen molar-refractivity contribution in [3.05, 3.63) is 181 Å². The number of unbranched alkanes of at least 4 members (excludes halogenated alkanes) is 14. The third kappa shape index (κ3) is 21.6. The standard InChI is InChI=1S/C67H89N3O8P2/c1-66(2,53-77-79(73,59-33-21-17-22-34-59)60-35-23-18-24-36-60)69-63(71)41-29-13-9-5-7-11-15-31-51-75-57-47-43-55(44-48-57)65(68)56-45-49-58(50-46-56)76-52-32-16-12-8-6-10-14-30-42-64(72)70-67(3,4)54-78-80(74,61-37-25-19-26-38-61)62-39-27-20-28-40-62/h17-28,33-40,43-50,65H,5-16,29-32,41-42,51-54,68H2,1-4H3,(H,69,71)(H,70,72). The summed E-state index contributed by atoms with van der Waals surface area (Å²) in [6, 6.07) is 53.0. The van der Waals surface area contributed by atoms with Crippen molar-refractivity contribution in [2.45, 2.75) is 160 Å². The van der Waals surface area contributed by atoms with Gasteiger partial charge in [0.25, 0.3) is 14.7 Å². The van der Waals surface area contributed by atoms with Crippen molar-refractivity contribution in [3.63, 3.8) is 0 Å². The number of ether oxygens (including phenoxy) is 2. The number of hydrogen-bond acceptors (Lipinski definition) is 9. The molecule has 80 heavy (non-hydrogen) atoms. The molecule has 6 aromatic carbocycles. The number of rotatable bonds is 38. The molecule has 11 nitrogen and oxygen atoms in total. The highest BCUT2D eigenvalue weighted by molar-refractivity contribution is 7.74. The molecular weight excluding hydrogens is 1040 g/mol. The van der Waals surface area contributed by atoms with E-state index >= 15 is 0 Å². The lowest BCUT2D eigenvalue weighted by atomic mass is 9.99. The van der Waals surface area contributed by atoms with Gasteiger partial charge in [-0.05, 0) is 137 Å². The van der Waals surface area contributed by atoms with Crippen molar-refractivity contribution in [2.75, 3.05) is 26.4 Å². The van der Waals surface area contributed by atoms with E-state index in [2.05, 4.69) is 10.6 Å². The van der Waals surface area contributed by atoms with E-state index in [9.17, 15) is 18.7 Å². The average molecular weight is 1130 g/mol. The molecule has 0 saturated carbocycles. The molecule has 0 spiro atoms. The normalized spacial score (nSPS) is 12.1. The number of nitrogens with two attached hydrogens (primary N) is 1. The summed E-state index contributed by atoms with van der Waals surface area (Å²) in [5.74, 6) is 1.68. The van der Waals surface area contributed by atoms with Crippen LogP contribution in [0.4, 0.5) is 0 Å². The smallest absolute Gasteiger partial charge is 0.261 e. The van der Waals surface area contributed by atoms with Gasteiger partial charge in [-0.3, -0.25) is 18.7 Å². The molecule has 13 heteroatoms. The Balaban J connectivity index is 0.731. The van der Waals surface area contributed by atoms with E-state index in [-0.39, 0.29) is 31.1 Å². The Morgan fingerprint density at radius 2 is 0.662 bits per heavy atom. The van der Waals surface area contributed by atoms with E-state index in [0.717, 1.165) is 113 Å². The van der Waals surface area contributed by atoms with Gasteiger partial charge in [0, 0.05) is 34.1 Å². The van der Waals surface area contributed by atoms with Gasteiger partial charge in [-0.1, -0.05) is 174 Å².